The highest BCUT2D eigenvalue weighted by atomic mass is 79.9. The number of nitrogens with zero attached hydrogens (tertiary/aromatic N) is 1. The summed E-state index contributed by atoms with van der Waals surface area (Å²) in [6, 6.07) is 16.5. The summed E-state index contributed by atoms with van der Waals surface area (Å²) < 4.78 is 59.4. The molecular formula is C22H21BrClN3O6S2. The van der Waals surface area contributed by atoms with Crippen molar-refractivity contribution in [2.45, 2.75) is 4.90 Å². The van der Waals surface area contributed by atoms with Crippen LogP contribution in [0.1, 0.15) is 0 Å². The molecule has 0 fully saturated rings. The van der Waals surface area contributed by atoms with Crippen molar-refractivity contribution in [3.05, 3.63) is 76.2 Å². The molecule has 0 atom stereocenters. The maximum Gasteiger partial charge on any atom is 0.261 e. The molecule has 35 heavy (non-hydrogen) atoms. The van der Waals surface area contributed by atoms with Crippen LogP contribution in [0.5, 0.6) is 5.75 Å². The molecule has 0 saturated carbocycles. The Balaban J connectivity index is 1.75. The zero-order chi connectivity index (χ0) is 25.8. The fraction of sp³-hybridized carbons (Fsp3) is 0.136. The van der Waals surface area contributed by atoms with Crippen molar-refractivity contribution in [1.82, 2.24) is 0 Å². The molecule has 1 amide bonds. The Morgan fingerprint density at radius 2 is 1.57 bits per heavy atom. The van der Waals surface area contributed by atoms with E-state index in [4.69, 9.17) is 16.3 Å². The second kappa shape index (κ2) is 10.9. The van der Waals surface area contributed by atoms with E-state index in [2.05, 4.69) is 26.0 Å². The molecule has 0 heterocycles. The van der Waals surface area contributed by atoms with E-state index in [1.807, 2.05) is 0 Å². The predicted octanol–water partition coefficient (Wildman–Crippen LogP) is 4.32. The van der Waals surface area contributed by atoms with E-state index in [9.17, 15) is 21.6 Å². The highest BCUT2D eigenvalue weighted by Crippen LogP contribution is 2.32. The van der Waals surface area contributed by atoms with Gasteiger partial charge in [-0.05, 0) is 66.7 Å². The third-order valence-corrected chi connectivity index (χ3v) is 7.93. The van der Waals surface area contributed by atoms with Gasteiger partial charge in [-0.15, -0.1) is 0 Å². The Bertz CT molecular complexity index is 1430. The lowest BCUT2D eigenvalue weighted by molar-refractivity contribution is -0.114. The molecule has 0 spiro atoms. The van der Waals surface area contributed by atoms with Gasteiger partial charge in [0.15, 0.2) is 0 Å². The van der Waals surface area contributed by atoms with Gasteiger partial charge in [-0.25, -0.2) is 16.8 Å². The molecular weight excluding hydrogens is 582 g/mol. The number of anilines is 3. The smallest absolute Gasteiger partial charge is 0.261 e. The molecule has 3 rings (SSSR count). The minimum absolute atomic E-state index is 0.0140. The van der Waals surface area contributed by atoms with Crippen molar-refractivity contribution >= 4 is 70.5 Å². The van der Waals surface area contributed by atoms with Crippen LogP contribution in [0.2, 0.25) is 5.02 Å². The summed E-state index contributed by atoms with van der Waals surface area (Å²) in [4.78, 5) is 12.6. The zero-order valence-corrected chi connectivity index (χ0v) is 22.5. The number of carbonyl (C=O) groups is 1. The third kappa shape index (κ3) is 7.10. The monoisotopic (exact) mass is 601 g/mol. The van der Waals surface area contributed by atoms with Crippen LogP contribution in [0.3, 0.4) is 0 Å². The van der Waals surface area contributed by atoms with Gasteiger partial charge in [0, 0.05) is 20.9 Å². The summed E-state index contributed by atoms with van der Waals surface area (Å²) >= 11 is 9.30. The summed E-state index contributed by atoms with van der Waals surface area (Å²) in [6.07, 6.45) is 0.957. The molecule has 0 aliphatic carbocycles. The predicted molar refractivity (Wildman–Crippen MR) is 140 cm³/mol. The Morgan fingerprint density at radius 3 is 2.14 bits per heavy atom. The van der Waals surface area contributed by atoms with Crippen LogP contribution in [0.25, 0.3) is 0 Å². The Labute approximate surface area is 217 Å². The summed E-state index contributed by atoms with van der Waals surface area (Å²) in [5.41, 5.74) is 0.782. The van der Waals surface area contributed by atoms with Gasteiger partial charge in [0.2, 0.25) is 15.9 Å². The van der Waals surface area contributed by atoms with Gasteiger partial charge in [0.05, 0.1) is 23.9 Å². The number of halogens is 2. The van der Waals surface area contributed by atoms with E-state index < -0.39 is 32.5 Å². The minimum atomic E-state index is -3.87. The Kier molecular flexibility index (Phi) is 8.31. The summed E-state index contributed by atoms with van der Waals surface area (Å²) in [5.74, 6) is -0.429. The molecule has 186 valence electrons. The highest BCUT2D eigenvalue weighted by Gasteiger charge is 2.24. The number of hydrogen-bond donors (Lipinski definition) is 2. The normalized spacial score (nSPS) is 11.5. The largest absolute Gasteiger partial charge is 0.495 e. The lowest BCUT2D eigenvalue weighted by Gasteiger charge is -2.24. The number of carbonyl (C=O) groups excluding carboxylic acids is 1. The first-order valence-electron chi connectivity index (χ1n) is 9.88. The number of benzene rings is 3. The SMILES string of the molecule is COc1ccc(Cl)cc1N(CC(=O)Nc1ccc(S(=O)(=O)Nc2ccc(Br)cc2)cc1)S(C)(=O)=O. The van der Waals surface area contributed by atoms with Crippen LogP contribution in [0.4, 0.5) is 17.1 Å². The van der Waals surface area contributed by atoms with E-state index in [1.165, 1.54) is 49.6 Å². The van der Waals surface area contributed by atoms with Crippen molar-refractivity contribution < 1.29 is 26.4 Å². The fourth-order valence-corrected chi connectivity index (χ4v) is 5.36. The summed E-state index contributed by atoms with van der Waals surface area (Å²) in [6.45, 7) is -0.555. The van der Waals surface area contributed by atoms with Gasteiger partial charge in [0.25, 0.3) is 10.0 Å². The topological polar surface area (TPSA) is 122 Å². The molecule has 0 unspecified atom stereocenters. The van der Waals surface area contributed by atoms with Gasteiger partial charge in [-0.3, -0.25) is 13.8 Å². The third-order valence-electron chi connectivity index (χ3n) is 4.64. The molecule has 0 bridgehead atoms. The molecule has 9 nitrogen and oxygen atoms in total. The molecule has 0 aliphatic rings. The fourth-order valence-electron chi connectivity index (χ4n) is 3.02. The lowest BCUT2D eigenvalue weighted by Crippen LogP contribution is -2.37. The average molecular weight is 603 g/mol. The van der Waals surface area contributed by atoms with Crippen molar-refractivity contribution in [3.63, 3.8) is 0 Å². The maximum atomic E-state index is 12.7. The first-order chi connectivity index (χ1) is 16.4. The first-order valence-corrected chi connectivity index (χ1v) is 14.4. The number of ether oxygens (including phenoxy) is 1. The molecule has 3 aromatic carbocycles. The first kappa shape index (κ1) is 26.8. The number of sulfonamides is 2. The van der Waals surface area contributed by atoms with E-state index in [0.717, 1.165) is 15.0 Å². The molecule has 0 aromatic heterocycles. The summed E-state index contributed by atoms with van der Waals surface area (Å²) in [7, 11) is -6.35. The zero-order valence-electron chi connectivity index (χ0n) is 18.5. The number of amides is 1. The van der Waals surface area contributed by atoms with E-state index in [-0.39, 0.29) is 27.0 Å². The quantitative estimate of drug-likeness (QED) is 0.376. The van der Waals surface area contributed by atoms with Gasteiger partial charge in [-0.1, -0.05) is 27.5 Å². The van der Waals surface area contributed by atoms with Crippen LogP contribution in [-0.2, 0) is 24.8 Å². The van der Waals surface area contributed by atoms with Crippen molar-refractivity contribution in [3.8, 4) is 5.75 Å². The van der Waals surface area contributed by atoms with E-state index in [0.29, 0.717) is 5.69 Å². The second-order valence-corrected chi connectivity index (χ2v) is 12.2. The standard InChI is InChI=1S/C22H21BrClN3O6S2/c1-33-21-12-5-16(24)13-20(21)27(34(2,29)30)14-22(28)25-17-8-10-19(11-9-17)35(31,32)26-18-6-3-15(23)4-7-18/h3-13,26H,14H2,1-2H3,(H,25,28). The van der Waals surface area contributed by atoms with Crippen LogP contribution >= 0.6 is 27.5 Å². The van der Waals surface area contributed by atoms with Crippen molar-refractivity contribution in [2.75, 3.05) is 34.3 Å². The van der Waals surface area contributed by atoms with Gasteiger partial charge < -0.3 is 10.1 Å². The molecule has 2 N–H and O–H groups in total. The van der Waals surface area contributed by atoms with E-state index >= 15 is 0 Å². The number of rotatable bonds is 9. The second-order valence-electron chi connectivity index (χ2n) is 7.27. The van der Waals surface area contributed by atoms with Crippen LogP contribution in [0, 0.1) is 0 Å². The molecule has 0 saturated heterocycles. The van der Waals surface area contributed by atoms with Gasteiger partial charge in [-0.2, -0.15) is 0 Å². The van der Waals surface area contributed by atoms with Crippen molar-refractivity contribution in [1.29, 1.82) is 0 Å². The lowest BCUT2D eigenvalue weighted by atomic mass is 10.3. The molecule has 0 aliphatic heterocycles. The Morgan fingerprint density at radius 1 is 0.971 bits per heavy atom. The summed E-state index contributed by atoms with van der Waals surface area (Å²) in [5, 5.41) is 2.83. The van der Waals surface area contributed by atoms with Crippen LogP contribution in [0.15, 0.2) is 76.1 Å². The Hall–Kier alpha value is -2.80. The van der Waals surface area contributed by atoms with E-state index in [1.54, 1.807) is 24.3 Å². The maximum absolute atomic E-state index is 12.7. The van der Waals surface area contributed by atoms with Gasteiger partial charge in [0.1, 0.15) is 12.3 Å². The number of hydrogen-bond acceptors (Lipinski definition) is 6. The van der Waals surface area contributed by atoms with Crippen LogP contribution in [-0.4, -0.2) is 42.7 Å². The number of nitrogens with one attached hydrogen (secondary N) is 2. The minimum Gasteiger partial charge on any atom is -0.495 e. The number of methoxy groups -OCH3 is 1. The average Bonchev–Trinajstić information content (AvgIpc) is 2.78. The van der Waals surface area contributed by atoms with Crippen LogP contribution < -0.4 is 19.1 Å². The van der Waals surface area contributed by atoms with Gasteiger partial charge >= 0.3 is 0 Å². The van der Waals surface area contributed by atoms with Crippen molar-refractivity contribution in [2.24, 2.45) is 0 Å². The highest BCUT2D eigenvalue weighted by molar-refractivity contribution is 9.10. The molecule has 3 aromatic rings. The molecule has 13 heteroatoms. The molecule has 0 radical (unpaired) electrons.